The summed E-state index contributed by atoms with van der Waals surface area (Å²) >= 11 is 0. The highest BCUT2D eigenvalue weighted by atomic mass is 19.1. The Kier molecular flexibility index (Phi) is 3.54. The van der Waals surface area contributed by atoms with E-state index in [1.165, 1.54) is 12.3 Å². The molecule has 0 aliphatic carbocycles. The van der Waals surface area contributed by atoms with E-state index < -0.39 is 11.6 Å². The Labute approximate surface area is 142 Å². The lowest BCUT2D eigenvalue weighted by molar-refractivity contribution is 0.103. The van der Waals surface area contributed by atoms with Gasteiger partial charge in [0.15, 0.2) is 5.78 Å². The number of H-pyrrole nitrogens is 1. The molecule has 4 nitrogen and oxygen atoms in total. The molecule has 25 heavy (non-hydrogen) atoms. The molecule has 0 atom stereocenters. The lowest BCUT2D eigenvalue weighted by atomic mass is 10.0. The number of phenolic OH excluding ortho intramolecular Hbond substituents is 1. The summed E-state index contributed by atoms with van der Waals surface area (Å²) in [7, 11) is 0. The molecule has 0 aliphatic heterocycles. The van der Waals surface area contributed by atoms with Crippen LogP contribution in [0.15, 0.2) is 67.0 Å². The highest BCUT2D eigenvalue weighted by molar-refractivity contribution is 6.16. The van der Waals surface area contributed by atoms with Crippen molar-refractivity contribution in [1.82, 2.24) is 9.97 Å². The summed E-state index contributed by atoms with van der Waals surface area (Å²) in [6.45, 7) is 0. The average Bonchev–Trinajstić information content (AvgIpc) is 3.07. The number of aromatic amines is 1. The number of nitrogens with one attached hydrogen (secondary N) is 1. The van der Waals surface area contributed by atoms with Crippen molar-refractivity contribution in [2.45, 2.75) is 0 Å². The van der Waals surface area contributed by atoms with Crippen molar-refractivity contribution in [3.05, 3.63) is 83.9 Å². The number of aromatic hydroxyl groups is 1. The van der Waals surface area contributed by atoms with Crippen molar-refractivity contribution in [3.8, 4) is 16.9 Å². The highest BCUT2D eigenvalue weighted by Gasteiger charge is 2.19. The fourth-order valence-corrected chi connectivity index (χ4v) is 2.81. The average molecular weight is 332 g/mol. The van der Waals surface area contributed by atoms with Crippen LogP contribution in [0, 0.1) is 5.82 Å². The number of halogens is 1. The van der Waals surface area contributed by atoms with E-state index in [9.17, 15) is 14.3 Å². The minimum atomic E-state index is -0.677. The van der Waals surface area contributed by atoms with Gasteiger partial charge in [-0.1, -0.05) is 30.3 Å². The molecule has 2 aromatic carbocycles. The van der Waals surface area contributed by atoms with E-state index in [-0.39, 0.29) is 11.3 Å². The molecule has 4 aromatic rings. The molecular formula is C20H13FN2O2. The van der Waals surface area contributed by atoms with Gasteiger partial charge in [-0.2, -0.15) is 0 Å². The number of benzene rings is 2. The number of phenols is 1. The van der Waals surface area contributed by atoms with Crippen molar-refractivity contribution in [3.63, 3.8) is 0 Å². The molecule has 0 aliphatic rings. The SMILES string of the molecule is O=C(c1cc(O)ccc1F)c1c[nH]c2ncc(-c3ccccc3)cc12. The number of rotatable bonds is 3. The van der Waals surface area contributed by atoms with Crippen LogP contribution < -0.4 is 0 Å². The second-order valence-corrected chi connectivity index (χ2v) is 5.68. The summed E-state index contributed by atoms with van der Waals surface area (Å²) in [5.74, 6) is -1.34. The first-order chi connectivity index (χ1) is 12.1. The molecule has 0 saturated heterocycles. The fraction of sp³-hybridized carbons (Fsp3) is 0. The lowest BCUT2D eigenvalue weighted by Gasteiger charge is -2.04. The van der Waals surface area contributed by atoms with E-state index in [0.717, 1.165) is 23.3 Å². The number of nitrogens with zero attached hydrogens (tertiary/aromatic N) is 1. The third-order valence-electron chi connectivity index (χ3n) is 4.08. The third-order valence-corrected chi connectivity index (χ3v) is 4.08. The van der Waals surface area contributed by atoms with Gasteiger partial charge in [0.25, 0.3) is 0 Å². The van der Waals surface area contributed by atoms with Gasteiger partial charge in [-0.05, 0) is 29.8 Å². The molecule has 2 heterocycles. The first-order valence-electron chi connectivity index (χ1n) is 7.69. The number of fused-ring (bicyclic) bond motifs is 1. The molecular weight excluding hydrogens is 319 g/mol. The van der Waals surface area contributed by atoms with Gasteiger partial charge >= 0.3 is 0 Å². The summed E-state index contributed by atoms with van der Waals surface area (Å²) in [6.07, 6.45) is 3.23. The molecule has 2 aromatic heterocycles. The minimum Gasteiger partial charge on any atom is -0.508 e. The van der Waals surface area contributed by atoms with Gasteiger partial charge in [0.1, 0.15) is 17.2 Å². The highest BCUT2D eigenvalue weighted by Crippen LogP contribution is 2.27. The molecule has 2 N–H and O–H groups in total. The topological polar surface area (TPSA) is 66.0 Å². The molecule has 0 radical (unpaired) electrons. The van der Waals surface area contributed by atoms with E-state index in [4.69, 9.17) is 0 Å². The van der Waals surface area contributed by atoms with Crippen molar-refractivity contribution in [2.24, 2.45) is 0 Å². The Bertz CT molecular complexity index is 1090. The Morgan fingerprint density at radius 3 is 2.60 bits per heavy atom. The molecule has 0 amide bonds. The molecule has 0 saturated carbocycles. The number of hydrogen-bond acceptors (Lipinski definition) is 3. The van der Waals surface area contributed by atoms with Crippen LogP contribution in [0.4, 0.5) is 4.39 Å². The normalized spacial score (nSPS) is 10.9. The molecule has 4 rings (SSSR count). The molecule has 0 fully saturated rings. The Morgan fingerprint density at radius 2 is 1.80 bits per heavy atom. The van der Waals surface area contributed by atoms with Gasteiger partial charge in [0.2, 0.25) is 0 Å². The standard InChI is InChI=1S/C20H13FN2O2/c21-18-7-6-14(24)9-16(18)19(25)17-11-23-20-15(17)8-13(10-22-20)12-4-2-1-3-5-12/h1-11,24H,(H,22,23). The predicted octanol–water partition coefficient (Wildman–Crippen LogP) is 4.31. The number of hydrogen-bond donors (Lipinski definition) is 2. The molecule has 122 valence electrons. The summed E-state index contributed by atoms with van der Waals surface area (Å²) in [5, 5.41) is 10.2. The van der Waals surface area contributed by atoms with E-state index in [2.05, 4.69) is 9.97 Å². The summed E-state index contributed by atoms with van der Waals surface area (Å²) in [4.78, 5) is 20.0. The molecule has 0 bridgehead atoms. The third kappa shape index (κ3) is 2.65. The lowest BCUT2D eigenvalue weighted by Crippen LogP contribution is -2.03. The van der Waals surface area contributed by atoms with Gasteiger partial charge in [-0.3, -0.25) is 4.79 Å². The van der Waals surface area contributed by atoms with E-state index >= 15 is 0 Å². The Hall–Kier alpha value is -3.47. The largest absolute Gasteiger partial charge is 0.508 e. The van der Waals surface area contributed by atoms with Crippen molar-refractivity contribution in [1.29, 1.82) is 0 Å². The minimum absolute atomic E-state index is 0.160. The monoisotopic (exact) mass is 332 g/mol. The van der Waals surface area contributed by atoms with Gasteiger partial charge in [0, 0.05) is 28.9 Å². The van der Waals surface area contributed by atoms with Crippen LogP contribution in [0.3, 0.4) is 0 Å². The molecule has 5 heteroatoms. The fourth-order valence-electron chi connectivity index (χ4n) is 2.81. The van der Waals surface area contributed by atoms with Gasteiger partial charge in [-0.25, -0.2) is 9.37 Å². The van der Waals surface area contributed by atoms with Crippen LogP contribution in [0.2, 0.25) is 0 Å². The zero-order valence-electron chi connectivity index (χ0n) is 13.0. The Balaban J connectivity index is 1.85. The number of pyridine rings is 1. The summed E-state index contributed by atoms with van der Waals surface area (Å²) < 4.78 is 14.0. The number of aromatic nitrogens is 2. The first kappa shape index (κ1) is 15.1. The van der Waals surface area contributed by atoms with Gasteiger partial charge in [-0.15, -0.1) is 0 Å². The van der Waals surface area contributed by atoms with Gasteiger partial charge < -0.3 is 10.1 Å². The molecule has 0 unspecified atom stereocenters. The van der Waals surface area contributed by atoms with E-state index in [0.29, 0.717) is 16.6 Å². The second kappa shape index (κ2) is 5.87. The summed E-state index contributed by atoms with van der Waals surface area (Å²) in [6, 6.07) is 14.9. The maximum Gasteiger partial charge on any atom is 0.198 e. The van der Waals surface area contributed by atoms with Crippen LogP contribution in [0.5, 0.6) is 5.75 Å². The predicted molar refractivity (Wildman–Crippen MR) is 93.0 cm³/mol. The van der Waals surface area contributed by atoms with Crippen LogP contribution in [0.25, 0.3) is 22.2 Å². The van der Waals surface area contributed by atoms with E-state index in [1.807, 2.05) is 36.4 Å². The van der Waals surface area contributed by atoms with Crippen LogP contribution in [-0.4, -0.2) is 20.9 Å². The molecule has 0 spiro atoms. The maximum atomic E-state index is 14.0. The van der Waals surface area contributed by atoms with Gasteiger partial charge in [0.05, 0.1) is 5.56 Å². The first-order valence-corrected chi connectivity index (χ1v) is 7.69. The van der Waals surface area contributed by atoms with Crippen molar-refractivity contribution >= 4 is 16.8 Å². The van der Waals surface area contributed by atoms with Crippen LogP contribution >= 0.6 is 0 Å². The number of ketones is 1. The Morgan fingerprint density at radius 1 is 1.00 bits per heavy atom. The summed E-state index contributed by atoms with van der Waals surface area (Å²) in [5.41, 5.74) is 2.51. The van der Waals surface area contributed by atoms with E-state index in [1.54, 1.807) is 6.20 Å². The quantitative estimate of drug-likeness (QED) is 0.550. The number of carbonyl (C=O) groups is 1. The zero-order valence-corrected chi connectivity index (χ0v) is 13.0. The van der Waals surface area contributed by atoms with Crippen molar-refractivity contribution < 1.29 is 14.3 Å². The second-order valence-electron chi connectivity index (χ2n) is 5.68. The van der Waals surface area contributed by atoms with Crippen LogP contribution in [0.1, 0.15) is 15.9 Å². The smallest absolute Gasteiger partial charge is 0.198 e. The van der Waals surface area contributed by atoms with Crippen molar-refractivity contribution in [2.75, 3.05) is 0 Å². The zero-order chi connectivity index (χ0) is 17.4. The number of carbonyl (C=O) groups excluding carboxylic acids is 1. The van der Waals surface area contributed by atoms with Crippen LogP contribution in [-0.2, 0) is 0 Å². The maximum absolute atomic E-state index is 14.0.